The summed E-state index contributed by atoms with van der Waals surface area (Å²) in [5.74, 6) is -2.68. The molecule has 184 valence electrons. The standard InChI is InChI=1S/C22H35F5N4O/c1-4-20(14-32-15-22(25,26)27)7-5-16(6-8-20)19-17(12-30(3)10-9-28-2)29-31-13-21(23,24)11-18(19)31/h16,28H,4-15H2,1-3H3/t16-,20-. The fourth-order valence-corrected chi connectivity index (χ4v) is 5.13. The Morgan fingerprint density at radius 3 is 2.53 bits per heavy atom. The number of likely N-dealkylation sites (N-methyl/N-ethyl adjacent to an activating group) is 2. The molecule has 5 nitrogen and oxygen atoms in total. The summed E-state index contributed by atoms with van der Waals surface area (Å²) in [6, 6.07) is 0. The van der Waals surface area contributed by atoms with Gasteiger partial charge in [0.25, 0.3) is 5.92 Å². The van der Waals surface area contributed by atoms with Crippen molar-refractivity contribution in [2.75, 3.05) is 40.4 Å². The van der Waals surface area contributed by atoms with Gasteiger partial charge >= 0.3 is 6.18 Å². The molecule has 0 atom stereocenters. The van der Waals surface area contributed by atoms with Crippen molar-refractivity contribution in [1.82, 2.24) is 20.0 Å². The van der Waals surface area contributed by atoms with E-state index in [0.29, 0.717) is 12.2 Å². The maximum absolute atomic E-state index is 14.1. The first-order chi connectivity index (χ1) is 15.0. The molecule has 0 amide bonds. The van der Waals surface area contributed by atoms with Crippen LogP contribution in [0.25, 0.3) is 0 Å². The number of halogens is 5. The van der Waals surface area contributed by atoms with Crippen LogP contribution < -0.4 is 5.32 Å². The second-order valence-corrected chi connectivity index (χ2v) is 9.57. The van der Waals surface area contributed by atoms with E-state index in [-0.39, 0.29) is 30.9 Å². The summed E-state index contributed by atoms with van der Waals surface area (Å²) < 4.78 is 72.2. The summed E-state index contributed by atoms with van der Waals surface area (Å²) >= 11 is 0. The van der Waals surface area contributed by atoms with Crippen molar-refractivity contribution >= 4 is 0 Å². The quantitative estimate of drug-likeness (QED) is 0.521. The van der Waals surface area contributed by atoms with Gasteiger partial charge in [0.1, 0.15) is 13.2 Å². The molecule has 1 fully saturated rings. The fraction of sp³-hybridized carbons (Fsp3) is 0.864. The number of nitrogens with one attached hydrogen (secondary N) is 1. The van der Waals surface area contributed by atoms with E-state index in [1.54, 1.807) is 0 Å². The Hall–Kier alpha value is -1.26. The molecule has 1 aromatic heterocycles. The van der Waals surface area contributed by atoms with Crippen molar-refractivity contribution in [2.45, 2.75) is 76.6 Å². The molecule has 0 saturated heterocycles. The molecule has 3 rings (SSSR count). The Morgan fingerprint density at radius 1 is 1.25 bits per heavy atom. The molecule has 1 saturated carbocycles. The van der Waals surface area contributed by atoms with Crippen molar-refractivity contribution in [1.29, 1.82) is 0 Å². The summed E-state index contributed by atoms with van der Waals surface area (Å²) in [5, 5.41) is 7.67. The number of fused-ring (bicyclic) bond motifs is 1. The van der Waals surface area contributed by atoms with E-state index in [1.807, 2.05) is 21.0 Å². The molecule has 2 aliphatic rings. The molecule has 0 aromatic carbocycles. The Morgan fingerprint density at radius 2 is 1.94 bits per heavy atom. The van der Waals surface area contributed by atoms with Gasteiger partial charge in [-0.15, -0.1) is 0 Å². The highest BCUT2D eigenvalue weighted by molar-refractivity contribution is 5.34. The van der Waals surface area contributed by atoms with Gasteiger partial charge in [0.05, 0.1) is 18.7 Å². The van der Waals surface area contributed by atoms with E-state index in [2.05, 4.69) is 15.3 Å². The van der Waals surface area contributed by atoms with Gasteiger partial charge in [0.2, 0.25) is 0 Å². The Balaban J connectivity index is 1.73. The van der Waals surface area contributed by atoms with E-state index in [4.69, 9.17) is 4.74 Å². The van der Waals surface area contributed by atoms with Crippen LogP contribution in [0.15, 0.2) is 0 Å². The molecular weight excluding hydrogens is 431 g/mol. The van der Waals surface area contributed by atoms with Gasteiger partial charge in [-0.05, 0) is 57.5 Å². The average molecular weight is 467 g/mol. The number of nitrogens with zero attached hydrogens (tertiary/aromatic N) is 3. The molecule has 0 unspecified atom stereocenters. The predicted octanol–water partition coefficient (Wildman–Crippen LogP) is 4.36. The monoisotopic (exact) mass is 466 g/mol. The number of alkyl halides is 5. The number of hydrogen-bond acceptors (Lipinski definition) is 4. The molecule has 10 heteroatoms. The minimum absolute atomic E-state index is 0.0829. The number of ether oxygens (including phenoxy) is 1. The zero-order valence-corrected chi connectivity index (χ0v) is 19.2. The third-order valence-electron chi connectivity index (χ3n) is 7.02. The average Bonchev–Trinajstić information content (AvgIpc) is 3.16. The van der Waals surface area contributed by atoms with Crippen LogP contribution in [0.5, 0.6) is 0 Å². The molecule has 1 aliphatic carbocycles. The van der Waals surface area contributed by atoms with Crippen LogP contribution in [0.3, 0.4) is 0 Å². The molecule has 32 heavy (non-hydrogen) atoms. The van der Waals surface area contributed by atoms with Gasteiger partial charge in [0, 0.05) is 30.9 Å². The summed E-state index contributed by atoms with van der Waals surface area (Å²) in [6.45, 7) is 2.68. The second kappa shape index (κ2) is 9.93. The number of hydrogen-bond donors (Lipinski definition) is 1. The molecule has 0 bridgehead atoms. The van der Waals surface area contributed by atoms with Crippen LogP contribution in [0.2, 0.25) is 0 Å². The van der Waals surface area contributed by atoms with Crippen LogP contribution in [-0.4, -0.2) is 67.2 Å². The van der Waals surface area contributed by atoms with Crippen molar-refractivity contribution in [3.05, 3.63) is 17.0 Å². The van der Waals surface area contributed by atoms with E-state index in [0.717, 1.165) is 56.5 Å². The largest absolute Gasteiger partial charge is 0.411 e. The summed E-state index contributed by atoms with van der Waals surface area (Å²) in [5.41, 5.74) is 2.15. The molecule has 0 spiro atoms. The lowest BCUT2D eigenvalue weighted by atomic mass is 9.67. The molecule has 1 N–H and O–H groups in total. The Bertz CT molecular complexity index is 756. The Labute approximate surface area is 186 Å². The minimum Gasteiger partial charge on any atom is -0.371 e. The number of rotatable bonds is 10. The van der Waals surface area contributed by atoms with Crippen LogP contribution in [0.1, 0.15) is 61.9 Å². The van der Waals surface area contributed by atoms with Gasteiger partial charge in [-0.25, -0.2) is 8.78 Å². The van der Waals surface area contributed by atoms with Gasteiger partial charge in [0.15, 0.2) is 0 Å². The lowest BCUT2D eigenvalue weighted by Crippen LogP contribution is -2.33. The first kappa shape index (κ1) is 25.4. The van der Waals surface area contributed by atoms with E-state index in [1.165, 1.54) is 4.68 Å². The van der Waals surface area contributed by atoms with Gasteiger partial charge in [-0.3, -0.25) is 9.58 Å². The lowest BCUT2D eigenvalue weighted by Gasteiger charge is -2.40. The summed E-state index contributed by atoms with van der Waals surface area (Å²) in [4.78, 5) is 2.13. The molecule has 1 aliphatic heterocycles. The van der Waals surface area contributed by atoms with Crippen LogP contribution in [-0.2, 0) is 24.2 Å². The zero-order valence-electron chi connectivity index (χ0n) is 19.2. The summed E-state index contributed by atoms with van der Waals surface area (Å²) in [7, 11) is 3.87. The maximum Gasteiger partial charge on any atom is 0.411 e. The van der Waals surface area contributed by atoms with Crippen molar-refractivity contribution in [3.63, 3.8) is 0 Å². The highest BCUT2D eigenvalue weighted by atomic mass is 19.4. The van der Waals surface area contributed by atoms with Crippen molar-refractivity contribution in [3.8, 4) is 0 Å². The smallest absolute Gasteiger partial charge is 0.371 e. The van der Waals surface area contributed by atoms with Crippen LogP contribution in [0.4, 0.5) is 22.0 Å². The van der Waals surface area contributed by atoms with Gasteiger partial charge in [-0.2, -0.15) is 18.3 Å². The SMILES string of the molecule is CC[C@]1(COCC(F)(F)F)CC[C@H](c2c(CN(C)CCNC)nn3c2CC(F)(F)C3)CC1. The fourth-order valence-electron chi connectivity index (χ4n) is 5.13. The summed E-state index contributed by atoms with van der Waals surface area (Å²) in [6.07, 6.45) is -0.934. The first-order valence-electron chi connectivity index (χ1n) is 11.4. The van der Waals surface area contributed by atoms with E-state index in [9.17, 15) is 22.0 Å². The molecule has 0 radical (unpaired) electrons. The normalized spacial score (nSPS) is 25.5. The number of aromatic nitrogens is 2. The van der Waals surface area contributed by atoms with Crippen LogP contribution >= 0.6 is 0 Å². The second-order valence-electron chi connectivity index (χ2n) is 9.57. The third kappa shape index (κ3) is 6.20. The van der Waals surface area contributed by atoms with Crippen molar-refractivity contribution < 1.29 is 26.7 Å². The van der Waals surface area contributed by atoms with Crippen LogP contribution in [0, 0.1) is 5.41 Å². The van der Waals surface area contributed by atoms with Gasteiger partial charge in [-0.1, -0.05) is 6.92 Å². The highest BCUT2D eigenvalue weighted by Gasteiger charge is 2.44. The molecule has 1 aromatic rings. The lowest BCUT2D eigenvalue weighted by molar-refractivity contribution is -0.182. The maximum atomic E-state index is 14.1. The van der Waals surface area contributed by atoms with E-state index < -0.39 is 18.7 Å². The molecular formula is C22H35F5N4O. The topological polar surface area (TPSA) is 42.3 Å². The minimum atomic E-state index is -4.33. The molecule has 2 heterocycles. The van der Waals surface area contributed by atoms with Crippen molar-refractivity contribution in [2.24, 2.45) is 5.41 Å². The first-order valence-corrected chi connectivity index (χ1v) is 11.4. The van der Waals surface area contributed by atoms with E-state index >= 15 is 0 Å². The zero-order chi connectivity index (χ0) is 23.6. The highest BCUT2D eigenvalue weighted by Crippen LogP contribution is 2.48. The Kier molecular flexibility index (Phi) is 7.87. The third-order valence-corrected chi connectivity index (χ3v) is 7.02. The van der Waals surface area contributed by atoms with Gasteiger partial charge < -0.3 is 10.1 Å². The predicted molar refractivity (Wildman–Crippen MR) is 112 cm³/mol.